The average Bonchev–Trinajstić information content (AvgIpc) is 2.61. The number of hydrogen-bond acceptors (Lipinski definition) is 2. The Hall–Kier alpha value is -1.35. The van der Waals surface area contributed by atoms with Crippen LogP contribution in [0.15, 0.2) is 51.9 Å². The van der Waals surface area contributed by atoms with Gasteiger partial charge < -0.3 is 15.4 Å². The minimum absolute atomic E-state index is 0. The van der Waals surface area contributed by atoms with Crippen molar-refractivity contribution in [1.82, 2.24) is 10.6 Å². The summed E-state index contributed by atoms with van der Waals surface area (Å²) in [4.78, 5) is 4.26. The number of nitrogens with one attached hydrogen (secondary N) is 2. The Morgan fingerprint density at radius 2 is 2.12 bits per heavy atom. The molecule has 0 aromatic heterocycles. The van der Waals surface area contributed by atoms with Crippen molar-refractivity contribution in [3.05, 3.63) is 63.9 Å². The highest BCUT2D eigenvalue weighted by molar-refractivity contribution is 14.0. The fraction of sp³-hybridized carbons (Fsp3) is 0.278. The van der Waals surface area contributed by atoms with Gasteiger partial charge in [0.2, 0.25) is 0 Å². The molecule has 7 heteroatoms. The summed E-state index contributed by atoms with van der Waals surface area (Å²) < 4.78 is 19.7. The Kier molecular flexibility index (Phi) is 7.49. The second-order valence-corrected chi connectivity index (χ2v) is 6.40. The molecule has 134 valence electrons. The fourth-order valence-electron chi connectivity index (χ4n) is 2.69. The van der Waals surface area contributed by atoms with Crippen molar-refractivity contribution in [1.29, 1.82) is 0 Å². The van der Waals surface area contributed by atoms with Crippen LogP contribution < -0.4 is 15.4 Å². The molecule has 25 heavy (non-hydrogen) atoms. The number of halogens is 3. The minimum atomic E-state index is -0.268. The Bertz CT molecular complexity index is 757. The Morgan fingerprint density at radius 3 is 2.88 bits per heavy atom. The quantitative estimate of drug-likeness (QED) is 0.359. The Labute approximate surface area is 172 Å². The zero-order valence-electron chi connectivity index (χ0n) is 13.8. The predicted molar refractivity (Wildman–Crippen MR) is 112 cm³/mol. The third-order valence-corrected chi connectivity index (χ3v) is 4.58. The number of aliphatic imine (C=N–C) groups is 1. The van der Waals surface area contributed by atoms with E-state index in [1.54, 1.807) is 13.1 Å². The molecule has 1 heterocycles. The summed E-state index contributed by atoms with van der Waals surface area (Å²) in [5.74, 6) is 1.32. The molecule has 1 aliphatic heterocycles. The first kappa shape index (κ1) is 20.0. The van der Waals surface area contributed by atoms with E-state index >= 15 is 0 Å². The van der Waals surface area contributed by atoms with E-state index in [1.165, 1.54) is 6.07 Å². The molecule has 4 nitrogen and oxygen atoms in total. The SMILES string of the molecule is CN=C(NCc1ccc(Br)c(F)c1)NC1CCOc2ccccc21.I. The first-order valence-electron chi connectivity index (χ1n) is 7.80. The normalized spacial score (nSPS) is 16.3. The van der Waals surface area contributed by atoms with Crippen molar-refractivity contribution in [2.24, 2.45) is 4.99 Å². The summed E-state index contributed by atoms with van der Waals surface area (Å²) >= 11 is 3.16. The highest BCUT2D eigenvalue weighted by atomic mass is 127. The minimum Gasteiger partial charge on any atom is -0.493 e. The lowest BCUT2D eigenvalue weighted by Gasteiger charge is -2.28. The van der Waals surface area contributed by atoms with E-state index in [1.807, 2.05) is 24.3 Å². The van der Waals surface area contributed by atoms with Crippen LogP contribution in [0.5, 0.6) is 5.75 Å². The van der Waals surface area contributed by atoms with Gasteiger partial charge in [0.1, 0.15) is 11.6 Å². The number of ether oxygens (including phenoxy) is 1. The highest BCUT2D eigenvalue weighted by Gasteiger charge is 2.21. The number of guanidine groups is 1. The summed E-state index contributed by atoms with van der Waals surface area (Å²) in [7, 11) is 1.72. The van der Waals surface area contributed by atoms with E-state index in [4.69, 9.17) is 4.74 Å². The maximum absolute atomic E-state index is 13.6. The van der Waals surface area contributed by atoms with Gasteiger partial charge in [-0.25, -0.2) is 4.39 Å². The third kappa shape index (κ3) is 5.07. The number of para-hydroxylation sites is 1. The van der Waals surface area contributed by atoms with E-state index in [0.717, 1.165) is 23.3 Å². The molecular formula is C18H20BrFIN3O. The number of nitrogens with zero attached hydrogens (tertiary/aromatic N) is 1. The summed E-state index contributed by atoms with van der Waals surface area (Å²) in [5.41, 5.74) is 1.98. The van der Waals surface area contributed by atoms with Gasteiger partial charge in [-0.05, 0) is 39.7 Å². The van der Waals surface area contributed by atoms with E-state index in [-0.39, 0.29) is 35.8 Å². The lowest BCUT2D eigenvalue weighted by Crippen LogP contribution is -2.40. The van der Waals surface area contributed by atoms with E-state index < -0.39 is 0 Å². The van der Waals surface area contributed by atoms with Crippen LogP contribution in [-0.2, 0) is 6.54 Å². The maximum atomic E-state index is 13.6. The maximum Gasteiger partial charge on any atom is 0.191 e. The van der Waals surface area contributed by atoms with Gasteiger partial charge in [-0.15, -0.1) is 24.0 Å². The first-order valence-corrected chi connectivity index (χ1v) is 8.59. The monoisotopic (exact) mass is 519 g/mol. The largest absolute Gasteiger partial charge is 0.493 e. The number of benzene rings is 2. The van der Waals surface area contributed by atoms with Gasteiger partial charge in [-0.2, -0.15) is 0 Å². The van der Waals surface area contributed by atoms with Gasteiger partial charge in [0.05, 0.1) is 17.1 Å². The van der Waals surface area contributed by atoms with Gasteiger partial charge in [-0.3, -0.25) is 4.99 Å². The molecule has 2 aromatic rings. The molecule has 0 fully saturated rings. The molecule has 1 aliphatic rings. The number of rotatable bonds is 3. The van der Waals surface area contributed by atoms with Gasteiger partial charge in [0, 0.05) is 25.6 Å². The molecule has 2 N–H and O–H groups in total. The van der Waals surface area contributed by atoms with Crippen molar-refractivity contribution < 1.29 is 9.13 Å². The van der Waals surface area contributed by atoms with Gasteiger partial charge >= 0.3 is 0 Å². The zero-order valence-corrected chi connectivity index (χ0v) is 17.7. The summed E-state index contributed by atoms with van der Waals surface area (Å²) in [6, 6.07) is 13.2. The molecule has 2 aromatic carbocycles. The molecule has 0 aliphatic carbocycles. The van der Waals surface area contributed by atoms with Crippen LogP contribution in [0.3, 0.4) is 0 Å². The Balaban J connectivity index is 0.00000225. The van der Waals surface area contributed by atoms with Gasteiger partial charge in [0.25, 0.3) is 0 Å². The molecule has 0 bridgehead atoms. The van der Waals surface area contributed by atoms with Crippen molar-refractivity contribution in [3.63, 3.8) is 0 Å². The van der Waals surface area contributed by atoms with Crippen LogP contribution in [0.2, 0.25) is 0 Å². The van der Waals surface area contributed by atoms with E-state index in [9.17, 15) is 4.39 Å². The fourth-order valence-corrected chi connectivity index (χ4v) is 2.93. The molecule has 0 saturated carbocycles. The molecule has 0 spiro atoms. The van der Waals surface area contributed by atoms with E-state index in [0.29, 0.717) is 23.6 Å². The van der Waals surface area contributed by atoms with E-state index in [2.05, 4.69) is 37.6 Å². The number of fused-ring (bicyclic) bond motifs is 1. The van der Waals surface area contributed by atoms with Crippen LogP contribution in [0.25, 0.3) is 0 Å². The smallest absolute Gasteiger partial charge is 0.191 e. The average molecular weight is 520 g/mol. The molecule has 1 unspecified atom stereocenters. The molecule has 1 atom stereocenters. The standard InChI is InChI=1S/C18H19BrFN3O.HI/c1-21-18(22-11-12-6-7-14(19)15(20)10-12)23-16-8-9-24-17-5-3-2-4-13(16)17;/h2-7,10,16H,8-9,11H2,1H3,(H2,21,22,23);1H. The summed E-state index contributed by atoms with van der Waals surface area (Å²) in [6.45, 7) is 1.17. The van der Waals surface area contributed by atoms with Crippen molar-refractivity contribution in [2.45, 2.75) is 19.0 Å². The molecule has 3 rings (SSSR count). The molecule has 0 saturated heterocycles. The van der Waals surface area contributed by atoms with Crippen LogP contribution in [0.4, 0.5) is 4.39 Å². The topological polar surface area (TPSA) is 45.7 Å². The Morgan fingerprint density at radius 1 is 1.32 bits per heavy atom. The second-order valence-electron chi connectivity index (χ2n) is 5.55. The zero-order chi connectivity index (χ0) is 16.9. The van der Waals surface area contributed by atoms with Crippen LogP contribution in [-0.4, -0.2) is 19.6 Å². The van der Waals surface area contributed by atoms with Crippen molar-refractivity contribution >= 4 is 45.9 Å². The lowest BCUT2D eigenvalue weighted by atomic mass is 10.0. The summed E-state index contributed by atoms with van der Waals surface area (Å²) in [6.07, 6.45) is 0.866. The van der Waals surface area contributed by atoms with Crippen LogP contribution in [0, 0.1) is 5.82 Å². The number of hydrogen-bond donors (Lipinski definition) is 2. The predicted octanol–water partition coefficient (Wildman–Crippen LogP) is 4.40. The highest BCUT2D eigenvalue weighted by Crippen LogP contribution is 2.31. The lowest BCUT2D eigenvalue weighted by molar-refractivity contribution is 0.261. The van der Waals surface area contributed by atoms with Crippen molar-refractivity contribution in [3.8, 4) is 5.75 Å². The second kappa shape index (κ2) is 9.38. The van der Waals surface area contributed by atoms with Crippen LogP contribution >= 0.6 is 39.9 Å². The molecular weight excluding hydrogens is 500 g/mol. The summed E-state index contributed by atoms with van der Waals surface area (Å²) in [5, 5.41) is 6.64. The molecule has 0 amide bonds. The third-order valence-electron chi connectivity index (χ3n) is 3.94. The van der Waals surface area contributed by atoms with Gasteiger partial charge in [-0.1, -0.05) is 24.3 Å². The van der Waals surface area contributed by atoms with Gasteiger partial charge in [0.15, 0.2) is 5.96 Å². The van der Waals surface area contributed by atoms with Crippen molar-refractivity contribution in [2.75, 3.05) is 13.7 Å². The first-order chi connectivity index (χ1) is 11.7. The van der Waals surface area contributed by atoms with Crippen LogP contribution in [0.1, 0.15) is 23.6 Å². The molecule has 0 radical (unpaired) electrons.